The third-order valence-electron chi connectivity index (χ3n) is 5.13. The molecule has 0 unspecified atom stereocenters. The molecule has 0 aliphatic carbocycles. The van der Waals surface area contributed by atoms with E-state index in [2.05, 4.69) is 5.32 Å². The number of ether oxygens (including phenoxy) is 1. The number of anilines is 1. The van der Waals surface area contributed by atoms with Crippen LogP contribution >= 0.6 is 11.8 Å². The van der Waals surface area contributed by atoms with Crippen LogP contribution in [0.1, 0.15) is 34.6 Å². The molecule has 0 spiro atoms. The molecule has 2 rings (SSSR count). The van der Waals surface area contributed by atoms with Gasteiger partial charge in [0.15, 0.2) is 0 Å². The van der Waals surface area contributed by atoms with Gasteiger partial charge in [-0.25, -0.2) is 8.42 Å². The summed E-state index contributed by atoms with van der Waals surface area (Å²) in [6.07, 6.45) is 1.93. The summed E-state index contributed by atoms with van der Waals surface area (Å²) in [4.78, 5) is 14.1. The van der Waals surface area contributed by atoms with E-state index in [-0.39, 0.29) is 35.2 Å². The van der Waals surface area contributed by atoms with Crippen molar-refractivity contribution in [1.29, 1.82) is 0 Å². The molecule has 2 aromatic rings. The quantitative estimate of drug-likeness (QED) is 0.470. The largest absolute Gasteiger partial charge is 0.492 e. The number of benzene rings is 2. The van der Waals surface area contributed by atoms with Crippen molar-refractivity contribution in [1.82, 2.24) is 5.32 Å². The molecular formula is C24H34N2O4S2. The predicted octanol–water partition coefficient (Wildman–Crippen LogP) is 4.80. The van der Waals surface area contributed by atoms with E-state index < -0.39 is 10.0 Å². The Kier molecular flexibility index (Phi) is 9.46. The van der Waals surface area contributed by atoms with Crippen molar-refractivity contribution in [2.24, 2.45) is 11.8 Å². The fraction of sp³-hybridized carbons (Fsp3) is 0.458. The predicted molar refractivity (Wildman–Crippen MR) is 132 cm³/mol. The Labute approximate surface area is 196 Å². The summed E-state index contributed by atoms with van der Waals surface area (Å²) < 4.78 is 34.1. The number of hydrogen-bond acceptors (Lipinski definition) is 5. The Bertz CT molecular complexity index is 981. The highest BCUT2D eigenvalue weighted by Crippen LogP contribution is 2.33. The molecule has 1 amide bonds. The molecule has 0 aromatic heterocycles. The van der Waals surface area contributed by atoms with Gasteiger partial charge in [0.25, 0.3) is 10.0 Å². The van der Waals surface area contributed by atoms with Crippen LogP contribution in [0.15, 0.2) is 58.3 Å². The van der Waals surface area contributed by atoms with Gasteiger partial charge in [0.05, 0.1) is 17.2 Å². The first-order chi connectivity index (χ1) is 15.1. The molecule has 8 heteroatoms. The summed E-state index contributed by atoms with van der Waals surface area (Å²) in [5.41, 5.74) is 0.337. The zero-order valence-electron chi connectivity index (χ0n) is 19.7. The minimum Gasteiger partial charge on any atom is -0.492 e. The van der Waals surface area contributed by atoms with Gasteiger partial charge in [-0.3, -0.25) is 9.10 Å². The van der Waals surface area contributed by atoms with Crippen LogP contribution in [0.2, 0.25) is 0 Å². The Morgan fingerprint density at radius 3 is 2.16 bits per heavy atom. The zero-order valence-corrected chi connectivity index (χ0v) is 21.3. The minimum absolute atomic E-state index is 0.0601. The van der Waals surface area contributed by atoms with Crippen molar-refractivity contribution in [2.75, 3.05) is 23.7 Å². The maximum atomic E-state index is 13.7. The van der Waals surface area contributed by atoms with Crippen LogP contribution in [-0.2, 0) is 14.8 Å². The number of nitrogens with zero attached hydrogens (tertiary/aromatic N) is 1. The minimum atomic E-state index is -4.01. The standard InChI is InChI=1S/C24H34N2O4S2/c1-7-30-22-11-9-8-10-21(22)26(16-23(27)25-24(17(2)3)18(4)5)32(28,29)20-14-12-19(31-6)13-15-20/h8-15,17-18,24H,7,16H2,1-6H3,(H,25,27). The van der Waals surface area contributed by atoms with Gasteiger partial charge in [-0.05, 0) is 61.4 Å². The lowest BCUT2D eigenvalue weighted by Crippen LogP contribution is -2.48. The normalized spacial score (nSPS) is 11.8. The average molecular weight is 479 g/mol. The molecule has 0 aliphatic heterocycles. The maximum absolute atomic E-state index is 13.7. The first-order valence-corrected chi connectivity index (χ1v) is 13.5. The van der Waals surface area contributed by atoms with Crippen LogP contribution in [0.5, 0.6) is 5.75 Å². The molecule has 32 heavy (non-hydrogen) atoms. The van der Waals surface area contributed by atoms with Crippen LogP contribution in [0.4, 0.5) is 5.69 Å². The van der Waals surface area contributed by atoms with Crippen molar-refractivity contribution in [3.05, 3.63) is 48.5 Å². The average Bonchev–Trinajstić information content (AvgIpc) is 2.76. The summed E-state index contributed by atoms with van der Waals surface area (Å²) in [5, 5.41) is 3.02. The lowest BCUT2D eigenvalue weighted by Gasteiger charge is -2.29. The Morgan fingerprint density at radius 1 is 1.03 bits per heavy atom. The first kappa shape index (κ1) is 26.1. The number of amides is 1. The summed E-state index contributed by atoms with van der Waals surface area (Å²) >= 11 is 1.53. The van der Waals surface area contributed by atoms with E-state index in [0.29, 0.717) is 18.0 Å². The van der Waals surface area contributed by atoms with Gasteiger partial charge in [-0.15, -0.1) is 11.8 Å². The van der Waals surface area contributed by atoms with Gasteiger partial charge in [0.1, 0.15) is 12.3 Å². The van der Waals surface area contributed by atoms with E-state index in [4.69, 9.17) is 4.74 Å². The van der Waals surface area contributed by atoms with Crippen LogP contribution in [0, 0.1) is 11.8 Å². The topological polar surface area (TPSA) is 75.7 Å². The van der Waals surface area contributed by atoms with E-state index in [0.717, 1.165) is 9.20 Å². The SMILES string of the molecule is CCOc1ccccc1N(CC(=O)NC(C(C)C)C(C)C)S(=O)(=O)c1ccc(SC)cc1. The summed E-state index contributed by atoms with van der Waals surface area (Å²) in [5.74, 6) is 0.502. The number of nitrogens with one attached hydrogen (secondary N) is 1. The summed E-state index contributed by atoms with van der Waals surface area (Å²) in [7, 11) is -4.01. The lowest BCUT2D eigenvalue weighted by atomic mass is 9.93. The Hall–Kier alpha value is -2.19. The number of carbonyl (C=O) groups is 1. The van der Waals surface area contributed by atoms with E-state index in [9.17, 15) is 13.2 Å². The third kappa shape index (κ3) is 6.42. The molecular weight excluding hydrogens is 444 g/mol. The van der Waals surface area contributed by atoms with Crippen molar-refractivity contribution in [3.63, 3.8) is 0 Å². The van der Waals surface area contributed by atoms with E-state index in [1.807, 2.05) is 40.9 Å². The molecule has 0 aliphatic rings. The second-order valence-corrected chi connectivity index (χ2v) is 10.9. The molecule has 0 saturated heterocycles. The number of thioether (sulfide) groups is 1. The van der Waals surface area contributed by atoms with Gasteiger partial charge in [-0.2, -0.15) is 0 Å². The monoisotopic (exact) mass is 478 g/mol. The highest BCUT2D eigenvalue weighted by atomic mass is 32.2. The molecule has 0 bridgehead atoms. The van der Waals surface area contributed by atoms with Crippen LogP contribution in [0.25, 0.3) is 0 Å². The molecule has 0 fully saturated rings. The smallest absolute Gasteiger partial charge is 0.264 e. The lowest BCUT2D eigenvalue weighted by molar-refractivity contribution is -0.121. The molecule has 0 heterocycles. The fourth-order valence-corrected chi connectivity index (χ4v) is 5.42. The van der Waals surface area contributed by atoms with E-state index in [1.54, 1.807) is 48.5 Å². The number of hydrogen-bond donors (Lipinski definition) is 1. The summed E-state index contributed by atoms with van der Waals surface area (Å²) in [6, 6.07) is 13.5. The second-order valence-electron chi connectivity index (χ2n) is 8.17. The van der Waals surface area contributed by atoms with Crippen LogP contribution in [-0.4, -0.2) is 39.8 Å². The maximum Gasteiger partial charge on any atom is 0.264 e. The number of para-hydroxylation sites is 2. The van der Waals surface area contributed by atoms with Gasteiger partial charge in [0.2, 0.25) is 5.91 Å². The van der Waals surface area contributed by atoms with E-state index in [1.165, 1.54) is 11.8 Å². The zero-order chi connectivity index (χ0) is 23.9. The number of sulfonamides is 1. The van der Waals surface area contributed by atoms with Gasteiger partial charge < -0.3 is 10.1 Å². The third-order valence-corrected chi connectivity index (χ3v) is 7.65. The first-order valence-electron chi connectivity index (χ1n) is 10.8. The van der Waals surface area contributed by atoms with Crippen molar-refractivity contribution < 1.29 is 17.9 Å². The Balaban J connectivity index is 2.49. The molecule has 6 nitrogen and oxygen atoms in total. The highest BCUT2D eigenvalue weighted by molar-refractivity contribution is 7.98. The van der Waals surface area contributed by atoms with Crippen LogP contribution in [0.3, 0.4) is 0 Å². The van der Waals surface area contributed by atoms with Crippen molar-refractivity contribution in [3.8, 4) is 5.75 Å². The molecule has 0 radical (unpaired) electrons. The number of carbonyl (C=O) groups excluding carboxylic acids is 1. The van der Waals surface area contributed by atoms with Crippen molar-refractivity contribution >= 4 is 33.4 Å². The van der Waals surface area contributed by atoms with Crippen LogP contribution < -0.4 is 14.4 Å². The highest BCUT2D eigenvalue weighted by Gasteiger charge is 2.30. The fourth-order valence-electron chi connectivity index (χ4n) is 3.58. The van der Waals surface area contributed by atoms with Gasteiger partial charge in [0, 0.05) is 10.9 Å². The molecule has 176 valence electrons. The molecule has 2 aromatic carbocycles. The second kappa shape index (κ2) is 11.6. The molecule has 0 atom stereocenters. The van der Waals surface area contributed by atoms with Gasteiger partial charge >= 0.3 is 0 Å². The van der Waals surface area contributed by atoms with Crippen molar-refractivity contribution in [2.45, 2.75) is 50.5 Å². The molecule has 0 saturated carbocycles. The number of rotatable bonds is 11. The summed E-state index contributed by atoms with van der Waals surface area (Å²) in [6.45, 7) is 10.0. The Morgan fingerprint density at radius 2 is 1.62 bits per heavy atom. The molecule has 1 N–H and O–H groups in total. The van der Waals surface area contributed by atoms with E-state index >= 15 is 0 Å². The van der Waals surface area contributed by atoms with Gasteiger partial charge in [-0.1, -0.05) is 39.8 Å².